The fourth-order valence-electron chi connectivity index (χ4n) is 3.62. The number of imide groups is 1. The van der Waals surface area contributed by atoms with E-state index in [2.05, 4.69) is 0 Å². The molecule has 156 valence electrons. The number of carbonyl (C=O) groups excluding carboxylic acids is 4. The van der Waals surface area contributed by atoms with E-state index in [4.69, 9.17) is 9.47 Å². The van der Waals surface area contributed by atoms with Gasteiger partial charge in [0.2, 0.25) is 0 Å². The van der Waals surface area contributed by atoms with Gasteiger partial charge in [-0.3, -0.25) is 19.3 Å². The van der Waals surface area contributed by atoms with Crippen molar-refractivity contribution in [2.24, 2.45) is 0 Å². The predicted molar refractivity (Wildman–Crippen MR) is 104 cm³/mol. The summed E-state index contributed by atoms with van der Waals surface area (Å²) in [7, 11) is 0. The lowest BCUT2D eigenvalue weighted by Gasteiger charge is -2.35. The fourth-order valence-corrected chi connectivity index (χ4v) is 3.62. The first-order valence-electron chi connectivity index (χ1n) is 9.92. The van der Waals surface area contributed by atoms with Crippen LogP contribution in [0.3, 0.4) is 0 Å². The lowest BCUT2D eigenvalue weighted by molar-refractivity contribution is -0.146. The van der Waals surface area contributed by atoms with E-state index in [9.17, 15) is 19.2 Å². The van der Waals surface area contributed by atoms with E-state index < -0.39 is 11.9 Å². The van der Waals surface area contributed by atoms with E-state index in [0.717, 1.165) is 12.8 Å². The van der Waals surface area contributed by atoms with Crippen LogP contribution in [0.25, 0.3) is 0 Å². The number of rotatable bonds is 6. The minimum absolute atomic E-state index is 0.0747. The summed E-state index contributed by atoms with van der Waals surface area (Å²) in [5.74, 6) is -1.74. The number of hydrogen-bond acceptors (Lipinski definition) is 6. The Labute approximate surface area is 169 Å². The minimum Gasteiger partial charge on any atom is -0.452 e. The maximum atomic E-state index is 12.5. The summed E-state index contributed by atoms with van der Waals surface area (Å²) in [6.07, 6.45) is 1.43. The molecule has 0 bridgehead atoms. The smallest absolute Gasteiger partial charge is 0.338 e. The molecule has 1 aromatic rings. The van der Waals surface area contributed by atoms with Crippen molar-refractivity contribution in [3.8, 4) is 0 Å². The van der Waals surface area contributed by atoms with Gasteiger partial charge >= 0.3 is 5.97 Å². The van der Waals surface area contributed by atoms with E-state index in [1.165, 1.54) is 23.1 Å². The Morgan fingerprint density at radius 1 is 1.10 bits per heavy atom. The molecule has 2 heterocycles. The molecule has 0 N–H and O–H groups in total. The van der Waals surface area contributed by atoms with Gasteiger partial charge in [0.05, 0.1) is 28.9 Å². The molecule has 0 aliphatic carbocycles. The van der Waals surface area contributed by atoms with Crippen LogP contribution >= 0.6 is 0 Å². The van der Waals surface area contributed by atoms with Crippen LogP contribution in [0.2, 0.25) is 0 Å². The molecule has 3 rings (SSSR count). The van der Waals surface area contributed by atoms with E-state index in [0.29, 0.717) is 19.6 Å². The highest BCUT2D eigenvalue weighted by atomic mass is 16.5. The largest absolute Gasteiger partial charge is 0.452 e. The Bertz CT molecular complexity index is 826. The molecule has 2 aliphatic heterocycles. The van der Waals surface area contributed by atoms with Gasteiger partial charge in [0.15, 0.2) is 6.61 Å². The number of unbranched alkanes of at least 4 members (excludes halogenated alkanes) is 1. The molecule has 8 heteroatoms. The van der Waals surface area contributed by atoms with Gasteiger partial charge in [-0.1, -0.05) is 13.3 Å². The fraction of sp³-hybridized carbons (Fsp3) is 0.524. The van der Waals surface area contributed by atoms with E-state index in [1.807, 2.05) is 20.8 Å². The van der Waals surface area contributed by atoms with Crippen LogP contribution in [0.1, 0.15) is 64.7 Å². The summed E-state index contributed by atoms with van der Waals surface area (Å²) in [5, 5.41) is 0. The maximum absolute atomic E-state index is 12.5. The van der Waals surface area contributed by atoms with Crippen molar-refractivity contribution in [1.82, 2.24) is 9.80 Å². The normalized spacial score (nSPS) is 21.3. The quantitative estimate of drug-likeness (QED) is 0.533. The Morgan fingerprint density at radius 2 is 1.76 bits per heavy atom. The van der Waals surface area contributed by atoms with Gasteiger partial charge in [-0.25, -0.2) is 4.79 Å². The highest BCUT2D eigenvalue weighted by Crippen LogP contribution is 2.24. The zero-order valence-electron chi connectivity index (χ0n) is 17.0. The highest BCUT2D eigenvalue weighted by molar-refractivity contribution is 6.21. The maximum Gasteiger partial charge on any atom is 0.338 e. The number of benzene rings is 1. The van der Waals surface area contributed by atoms with Crippen molar-refractivity contribution in [2.75, 3.05) is 26.2 Å². The lowest BCUT2D eigenvalue weighted by Crippen LogP contribution is -2.49. The molecule has 8 nitrogen and oxygen atoms in total. The van der Waals surface area contributed by atoms with Gasteiger partial charge in [0.25, 0.3) is 17.7 Å². The molecule has 1 fully saturated rings. The first kappa shape index (κ1) is 21.0. The van der Waals surface area contributed by atoms with E-state index >= 15 is 0 Å². The second-order valence-corrected chi connectivity index (χ2v) is 7.51. The van der Waals surface area contributed by atoms with Gasteiger partial charge in [0, 0.05) is 19.6 Å². The average molecular weight is 402 g/mol. The molecule has 0 spiro atoms. The standard InChI is InChI=1S/C21H26N2O6/c1-4-5-8-23-19(25)16-7-6-15(9-17(16)20(23)26)21(27)28-12-18(24)22-10-13(2)29-14(3)11-22/h6-7,9,13-14H,4-5,8,10-12H2,1-3H3/t13-,14-/m0/s1. The van der Waals surface area contributed by atoms with Crippen molar-refractivity contribution >= 4 is 23.7 Å². The summed E-state index contributed by atoms with van der Waals surface area (Å²) in [4.78, 5) is 52.4. The number of morpholine rings is 1. The van der Waals surface area contributed by atoms with Crippen molar-refractivity contribution in [2.45, 2.75) is 45.8 Å². The van der Waals surface area contributed by atoms with Gasteiger partial charge in [0.1, 0.15) is 0 Å². The van der Waals surface area contributed by atoms with Crippen LogP contribution in [0.5, 0.6) is 0 Å². The molecular formula is C21H26N2O6. The Hall–Kier alpha value is -2.74. The van der Waals surface area contributed by atoms with Gasteiger partial charge in [-0.05, 0) is 38.5 Å². The molecule has 1 aromatic carbocycles. The summed E-state index contributed by atoms with van der Waals surface area (Å²) >= 11 is 0. The first-order chi connectivity index (χ1) is 13.8. The summed E-state index contributed by atoms with van der Waals surface area (Å²) in [5.41, 5.74) is 0.622. The number of carbonyl (C=O) groups is 4. The molecule has 2 atom stereocenters. The van der Waals surface area contributed by atoms with Crippen LogP contribution in [0.15, 0.2) is 18.2 Å². The Morgan fingerprint density at radius 3 is 2.41 bits per heavy atom. The summed E-state index contributed by atoms with van der Waals surface area (Å²) in [6.45, 7) is 6.61. The number of esters is 1. The van der Waals surface area contributed by atoms with Crippen molar-refractivity contribution in [1.29, 1.82) is 0 Å². The molecule has 29 heavy (non-hydrogen) atoms. The topological polar surface area (TPSA) is 93.2 Å². The second kappa shape index (κ2) is 8.73. The molecule has 0 unspecified atom stereocenters. The molecule has 1 saturated heterocycles. The second-order valence-electron chi connectivity index (χ2n) is 7.51. The number of amides is 3. The first-order valence-corrected chi connectivity index (χ1v) is 9.92. The van der Waals surface area contributed by atoms with Gasteiger partial charge in [-0.2, -0.15) is 0 Å². The van der Waals surface area contributed by atoms with Crippen LogP contribution in [-0.4, -0.2) is 71.9 Å². The highest BCUT2D eigenvalue weighted by Gasteiger charge is 2.35. The van der Waals surface area contributed by atoms with Crippen molar-refractivity contribution in [3.63, 3.8) is 0 Å². The van der Waals surface area contributed by atoms with Crippen LogP contribution < -0.4 is 0 Å². The zero-order chi connectivity index (χ0) is 21.1. The molecule has 0 radical (unpaired) electrons. The van der Waals surface area contributed by atoms with Gasteiger partial charge < -0.3 is 14.4 Å². The summed E-state index contributed by atoms with van der Waals surface area (Å²) in [6, 6.07) is 4.28. The minimum atomic E-state index is -0.706. The van der Waals surface area contributed by atoms with E-state index in [1.54, 1.807) is 4.90 Å². The number of hydrogen-bond donors (Lipinski definition) is 0. The number of nitrogens with zero attached hydrogens (tertiary/aromatic N) is 2. The SMILES string of the molecule is CCCCN1C(=O)c2ccc(C(=O)OCC(=O)N3C[C@H](C)O[C@@H](C)C3)cc2C1=O. The van der Waals surface area contributed by atoms with E-state index in [-0.39, 0.29) is 47.3 Å². The molecule has 2 aliphatic rings. The van der Waals surface area contributed by atoms with Crippen LogP contribution in [-0.2, 0) is 14.3 Å². The van der Waals surface area contributed by atoms with Crippen molar-refractivity contribution in [3.05, 3.63) is 34.9 Å². The Kier molecular flexibility index (Phi) is 6.32. The number of ether oxygens (including phenoxy) is 2. The Balaban J connectivity index is 1.63. The molecule has 0 saturated carbocycles. The third kappa shape index (κ3) is 4.48. The monoisotopic (exact) mass is 402 g/mol. The molecule has 0 aromatic heterocycles. The molecular weight excluding hydrogens is 376 g/mol. The average Bonchev–Trinajstić information content (AvgIpc) is 2.93. The lowest BCUT2D eigenvalue weighted by atomic mass is 10.1. The summed E-state index contributed by atoms with van der Waals surface area (Å²) < 4.78 is 10.7. The van der Waals surface area contributed by atoms with Crippen LogP contribution in [0.4, 0.5) is 0 Å². The zero-order valence-corrected chi connectivity index (χ0v) is 17.0. The third-order valence-corrected chi connectivity index (χ3v) is 5.04. The van der Waals surface area contributed by atoms with Crippen molar-refractivity contribution < 1.29 is 28.7 Å². The molecule has 3 amide bonds. The third-order valence-electron chi connectivity index (χ3n) is 5.04. The van der Waals surface area contributed by atoms with Gasteiger partial charge in [-0.15, -0.1) is 0 Å². The predicted octanol–water partition coefficient (Wildman–Crippen LogP) is 1.88. The van der Waals surface area contributed by atoms with Crippen LogP contribution in [0, 0.1) is 0 Å². The number of fused-ring (bicyclic) bond motifs is 1.